The predicted molar refractivity (Wildman–Crippen MR) is 57.3 cm³/mol. The smallest absolute Gasteiger partial charge is 0.320 e. The fourth-order valence-electron chi connectivity index (χ4n) is 0.770. The molecule has 0 fully saturated rings. The second-order valence-corrected chi connectivity index (χ2v) is 5.48. The van der Waals surface area contributed by atoms with Gasteiger partial charge in [0.25, 0.3) is 0 Å². The summed E-state index contributed by atoms with van der Waals surface area (Å²) >= 11 is 0. The summed E-state index contributed by atoms with van der Waals surface area (Å²) in [4.78, 5) is 21.2. The largest absolute Gasteiger partial charge is 0.480 e. The maximum atomic E-state index is 11.1. The van der Waals surface area contributed by atoms with E-state index in [0.717, 1.165) is 0 Å². The number of amides is 1. The molecule has 0 aromatic heterocycles. The Balaban J connectivity index is 3.96. The molecule has 0 aliphatic rings. The van der Waals surface area contributed by atoms with Crippen LogP contribution in [0.5, 0.6) is 0 Å². The first-order valence-corrected chi connectivity index (χ1v) is 6.34. The van der Waals surface area contributed by atoms with Crippen LogP contribution in [0, 0.1) is 5.92 Å². The van der Waals surface area contributed by atoms with E-state index in [1.165, 1.54) is 0 Å². The summed E-state index contributed by atoms with van der Waals surface area (Å²) in [5.41, 5.74) is 0. The number of aliphatic carboxylic acids is 1. The van der Waals surface area contributed by atoms with Crippen LogP contribution in [0.4, 0.5) is 0 Å². The fourth-order valence-corrected chi connectivity index (χ4v) is 1.55. The first-order chi connectivity index (χ1) is 7.23. The molecule has 0 aliphatic carbocycles. The Morgan fingerprint density at radius 2 is 1.88 bits per heavy atom. The van der Waals surface area contributed by atoms with Crippen molar-refractivity contribution in [3.05, 3.63) is 0 Å². The molecule has 0 saturated carbocycles. The van der Waals surface area contributed by atoms with Crippen LogP contribution in [0.25, 0.3) is 0 Å². The maximum absolute atomic E-state index is 11.1. The minimum Gasteiger partial charge on any atom is -0.480 e. The molecule has 0 aliphatic heterocycles. The van der Waals surface area contributed by atoms with E-state index in [1.807, 2.05) is 18.6 Å². The van der Waals surface area contributed by atoms with Crippen LogP contribution in [0.2, 0.25) is 0 Å². The second kappa shape index (κ2) is 6.44. The first kappa shape index (κ1) is 14.8. The van der Waals surface area contributed by atoms with Crippen molar-refractivity contribution in [1.29, 1.82) is 0 Å². The molecule has 0 atom stereocenters. The van der Waals surface area contributed by atoms with Crippen molar-refractivity contribution < 1.29 is 23.1 Å². The molecule has 3 N–H and O–H groups in total. The number of hydrogen-bond acceptors (Lipinski definition) is 4. The van der Waals surface area contributed by atoms with Gasteiger partial charge in [0.15, 0.2) is 5.75 Å². The minimum atomic E-state index is -3.92. The number of carboxylic acid groups (broad SMARTS) is 1. The van der Waals surface area contributed by atoms with Crippen molar-refractivity contribution >= 4 is 21.9 Å². The van der Waals surface area contributed by atoms with E-state index in [2.05, 4.69) is 5.32 Å². The zero-order valence-electron chi connectivity index (χ0n) is 9.19. The van der Waals surface area contributed by atoms with Gasteiger partial charge in [-0.3, -0.25) is 9.59 Å². The molecule has 0 spiro atoms. The predicted octanol–water partition coefficient (Wildman–Crippen LogP) is -1.24. The lowest BCUT2D eigenvalue weighted by Crippen LogP contribution is -2.40. The summed E-state index contributed by atoms with van der Waals surface area (Å²) in [5, 5.41) is 10.8. The zero-order chi connectivity index (χ0) is 12.8. The summed E-state index contributed by atoms with van der Waals surface area (Å²) in [6, 6.07) is 0. The van der Waals surface area contributed by atoms with Gasteiger partial charge >= 0.3 is 5.97 Å². The fraction of sp³-hybridized carbons (Fsp3) is 0.750. The Kier molecular flexibility index (Phi) is 5.97. The average molecular weight is 252 g/mol. The lowest BCUT2D eigenvalue weighted by molar-refractivity contribution is -0.134. The van der Waals surface area contributed by atoms with E-state index in [1.54, 1.807) is 0 Å². The summed E-state index contributed by atoms with van der Waals surface area (Å²) in [5.74, 6) is -2.72. The second-order valence-electron chi connectivity index (χ2n) is 3.67. The van der Waals surface area contributed by atoms with Gasteiger partial charge in [-0.25, -0.2) is 13.1 Å². The van der Waals surface area contributed by atoms with E-state index in [4.69, 9.17) is 5.11 Å². The Hall–Kier alpha value is -1.15. The molecule has 0 rings (SSSR count). The van der Waals surface area contributed by atoms with Crippen molar-refractivity contribution in [2.45, 2.75) is 13.8 Å². The number of carbonyl (C=O) groups is 2. The Labute approximate surface area is 94.3 Å². The highest BCUT2D eigenvalue weighted by Gasteiger charge is 2.16. The number of sulfonamides is 1. The molecule has 0 unspecified atom stereocenters. The van der Waals surface area contributed by atoms with Crippen LogP contribution < -0.4 is 10.0 Å². The van der Waals surface area contributed by atoms with Crippen molar-refractivity contribution in [3.8, 4) is 0 Å². The van der Waals surface area contributed by atoms with Crippen molar-refractivity contribution in [2.24, 2.45) is 5.92 Å². The molecule has 0 bridgehead atoms. The molecule has 0 aromatic carbocycles. The van der Waals surface area contributed by atoms with Crippen molar-refractivity contribution in [1.82, 2.24) is 10.0 Å². The quantitative estimate of drug-likeness (QED) is 0.524. The lowest BCUT2D eigenvalue weighted by atomic mass is 10.2. The van der Waals surface area contributed by atoms with Crippen LogP contribution >= 0.6 is 0 Å². The van der Waals surface area contributed by atoms with Crippen LogP contribution in [0.1, 0.15) is 13.8 Å². The van der Waals surface area contributed by atoms with E-state index < -0.39 is 34.2 Å². The third kappa shape index (κ3) is 8.18. The summed E-state index contributed by atoms with van der Waals surface area (Å²) < 4.78 is 23.9. The van der Waals surface area contributed by atoms with Gasteiger partial charge in [-0.05, 0) is 5.92 Å². The summed E-state index contributed by atoms with van der Waals surface area (Å²) in [7, 11) is -3.92. The molecule has 0 heterocycles. The maximum Gasteiger partial charge on any atom is 0.320 e. The van der Waals surface area contributed by atoms with Crippen molar-refractivity contribution in [2.75, 3.05) is 18.8 Å². The highest BCUT2D eigenvalue weighted by molar-refractivity contribution is 7.90. The summed E-state index contributed by atoms with van der Waals surface area (Å²) in [6.07, 6.45) is 0. The van der Waals surface area contributed by atoms with E-state index >= 15 is 0 Å². The van der Waals surface area contributed by atoms with Crippen LogP contribution in [-0.4, -0.2) is 44.2 Å². The van der Waals surface area contributed by atoms with Gasteiger partial charge in [0.2, 0.25) is 15.9 Å². The third-order valence-corrected chi connectivity index (χ3v) is 2.68. The van der Waals surface area contributed by atoms with Crippen LogP contribution in [0.15, 0.2) is 0 Å². The molecule has 16 heavy (non-hydrogen) atoms. The van der Waals surface area contributed by atoms with Crippen LogP contribution in [-0.2, 0) is 19.6 Å². The van der Waals surface area contributed by atoms with Crippen LogP contribution in [0.3, 0.4) is 0 Å². The molecule has 0 aromatic rings. The minimum absolute atomic E-state index is 0.263. The molecule has 7 nitrogen and oxygen atoms in total. The number of hydrogen-bond donors (Lipinski definition) is 3. The van der Waals surface area contributed by atoms with E-state index in [-0.39, 0.29) is 5.92 Å². The molecule has 8 heteroatoms. The zero-order valence-corrected chi connectivity index (χ0v) is 10.0. The molecular formula is C8H16N2O5S. The van der Waals surface area contributed by atoms with Gasteiger partial charge in [0.1, 0.15) is 0 Å². The number of carboxylic acids is 1. The van der Waals surface area contributed by atoms with Gasteiger partial charge in [0.05, 0.1) is 6.54 Å². The normalized spacial score (nSPS) is 11.4. The Bertz CT molecular complexity index is 349. The van der Waals surface area contributed by atoms with Gasteiger partial charge in [-0.1, -0.05) is 13.8 Å². The number of nitrogens with one attached hydrogen (secondary N) is 2. The summed E-state index contributed by atoms with van der Waals surface area (Å²) in [6.45, 7) is 3.80. The monoisotopic (exact) mass is 252 g/mol. The number of rotatable bonds is 7. The van der Waals surface area contributed by atoms with E-state index in [9.17, 15) is 18.0 Å². The van der Waals surface area contributed by atoms with E-state index in [0.29, 0.717) is 6.54 Å². The standard InChI is InChI=1S/C8H16N2O5S/c1-6(2)3-9-7(11)4-10-16(14,15)5-8(12)13/h6,10H,3-5H2,1-2H3,(H,9,11)(H,12,13). The van der Waals surface area contributed by atoms with Gasteiger partial charge < -0.3 is 10.4 Å². The van der Waals surface area contributed by atoms with Gasteiger partial charge in [0, 0.05) is 6.54 Å². The topological polar surface area (TPSA) is 113 Å². The molecule has 1 amide bonds. The highest BCUT2D eigenvalue weighted by Crippen LogP contribution is 1.87. The van der Waals surface area contributed by atoms with Gasteiger partial charge in [-0.2, -0.15) is 0 Å². The Morgan fingerprint density at radius 1 is 1.31 bits per heavy atom. The lowest BCUT2D eigenvalue weighted by Gasteiger charge is -2.08. The molecule has 0 radical (unpaired) electrons. The molecule has 94 valence electrons. The van der Waals surface area contributed by atoms with Crippen molar-refractivity contribution in [3.63, 3.8) is 0 Å². The highest BCUT2D eigenvalue weighted by atomic mass is 32.2. The SMILES string of the molecule is CC(C)CNC(=O)CNS(=O)(=O)CC(=O)O. The van der Waals surface area contributed by atoms with Gasteiger partial charge in [-0.15, -0.1) is 0 Å². The first-order valence-electron chi connectivity index (χ1n) is 4.69. The number of carbonyl (C=O) groups excluding carboxylic acids is 1. The molecular weight excluding hydrogens is 236 g/mol. The average Bonchev–Trinajstić information content (AvgIpc) is 2.09. The third-order valence-electron chi connectivity index (χ3n) is 1.47. The molecule has 0 saturated heterocycles. The Morgan fingerprint density at radius 3 is 2.31 bits per heavy atom.